The largest absolute Gasteiger partial charge is 0.508 e. The number of methoxy groups -OCH3 is 1. The number of aromatic hydroxyl groups is 1. The van der Waals surface area contributed by atoms with E-state index < -0.39 is 87.3 Å². The maximum Gasteiger partial charge on any atom is 0.423 e. The van der Waals surface area contributed by atoms with E-state index in [1.807, 2.05) is 0 Å². The Bertz CT molecular complexity index is 2250. The summed E-state index contributed by atoms with van der Waals surface area (Å²) in [5.41, 5.74) is 1.57. The number of likely N-dealkylation sites (tertiary alicyclic amines) is 1. The number of amides is 5. The van der Waals surface area contributed by atoms with E-state index >= 15 is 4.79 Å². The molecule has 8 rings (SSSR count). The molecule has 12 nitrogen and oxygen atoms in total. The molecule has 3 aromatic rings. The van der Waals surface area contributed by atoms with Crippen LogP contribution < -0.4 is 10.2 Å². The minimum atomic E-state index is -4.77. The molecule has 1 saturated carbocycles. The number of carbonyl (C=O) groups is 5. The quantitative estimate of drug-likeness (QED) is 0.230. The van der Waals surface area contributed by atoms with Crippen molar-refractivity contribution >= 4 is 58.7 Å². The van der Waals surface area contributed by atoms with Crippen LogP contribution in [0, 0.1) is 29.6 Å². The van der Waals surface area contributed by atoms with E-state index in [1.54, 1.807) is 36.4 Å². The molecule has 2 aliphatic carbocycles. The first-order valence-electron chi connectivity index (χ1n) is 16.6. The van der Waals surface area contributed by atoms with E-state index in [2.05, 4.69) is 10.4 Å². The van der Waals surface area contributed by atoms with Crippen molar-refractivity contribution in [2.24, 2.45) is 29.6 Å². The summed E-state index contributed by atoms with van der Waals surface area (Å²) in [5, 5.41) is 10.8. The van der Waals surface area contributed by atoms with Gasteiger partial charge in [0.25, 0.3) is 11.8 Å². The summed E-state index contributed by atoms with van der Waals surface area (Å²) in [7, 11) is 1.04. The molecule has 6 atom stereocenters. The third-order valence-electron chi connectivity index (χ3n) is 11.1. The third kappa shape index (κ3) is 5.19. The number of ether oxygens (including phenoxy) is 2. The minimum absolute atomic E-state index is 0.0210. The number of hydrazine groups is 1. The van der Waals surface area contributed by atoms with Gasteiger partial charge in [0, 0.05) is 29.1 Å². The molecule has 0 radical (unpaired) electrons. The van der Waals surface area contributed by atoms with Crippen LogP contribution in [0.25, 0.3) is 0 Å². The van der Waals surface area contributed by atoms with Crippen LogP contribution in [-0.4, -0.2) is 56.8 Å². The molecular formula is C37H27Cl2F3N4O8. The molecular weight excluding hydrogens is 756 g/mol. The third-order valence-corrected chi connectivity index (χ3v) is 11.6. The molecule has 278 valence electrons. The SMILES string of the molecule is COC(=O)N1C(=O)[C@H]2[C@H](CC=C3[C@H](C4=COc5ccc(O)cc5C4)[C@]4(c5ccc(Cl)cc5)C(=O)N(Nc5ncc(C(F)(F)F)cc5Cl)C(=O)[C@@H]4C[C@H]32)C1=O. The zero-order chi connectivity index (χ0) is 38.4. The number of hydrogen-bond acceptors (Lipinski definition) is 10. The van der Waals surface area contributed by atoms with Crippen molar-refractivity contribution in [2.75, 3.05) is 12.5 Å². The second-order valence-electron chi connectivity index (χ2n) is 13.7. The average Bonchev–Trinajstić information content (AvgIpc) is 3.52. The van der Waals surface area contributed by atoms with E-state index in [9.17, 15) is 37.5 Å². The number of fused-ring (bicyclic) bond motifs is 5. The van der Waals surface area contributed by atoms with Crippen molar-refractivity contribution in [1.29, 1.82) is 0 Å². The highest BCUT2D eigenvalue weighted by Crippen LogP contribution is 2.63. The number of halogens is 5. The first kappa shape index (κ1) is 35.6. The summed E-state index contributed by atoms with van der Waals surface area (Å²) >= 11 is 12.5. The van der Waals surface area contributed by atoms with Crippen LogP contribution in [0.5, 0.6) is 11.5 Å². The molecule has 2 N–H and O–H groups in total. The van der Waals surface area contributed by atoms with Crippen LogP contribution in [0.15, 0.2) is 78.2 Å². The smallest absolute Gasteiger partial charge is 0.423 e. The van der Waals surface area contributed by atoms with Crippen LogP contribution in [0.1, 0.15) is 29.5 Å². The fourth-order valence-corrected chi connectivity index (χ4v) is 9.20. The fraction of sp³-hybridized carbons (Fsp3) is 0.297. The van der Waals surface area contributed by atoms with Crippen molar-refractivity contribution in [2.45, 2.75) is 30.9 Å². The number of allylic oxidation sites excluding steroid dienone is 3. The molecule has 1 aromatic heterocycles. The fourth-order valence-electron chi connectivity index (χ4n) is 8.87. The number of alkyl halides is 3. The first-order chi connectivity index (χ1) is 25.7. The Hall–Kier alpha value is -5.41. The molecule has 0 bridgehead atoms. The Balaban J connectivity index is 1.32. The van der Waals surface area contributed by atoms with Crippen molar-refractivity contribution in [3.05, 3.63) is 105 Å². The number of hydrogen-bond donors (Lipinski definition) is 2. The van der Waals surface area contributed by atoms with Gasteiger partial charge in [-0.3, -0.25) is 24.6 Å². The van der Waals surface area contributed by atoms with Crippen LogP contribution in [0.3, 0.4) is 0 Å². The second kappa shape index (κ2) is 12.6. The number of anilines is 1. The maximum absolute atomic E-state index is 15.3. The molecule has 2 aromatic carbocycles. The number of aromatic nitrogens is 1. The molecule has 4 heterocycles. The lowest BCUT2D eigenvalue weighted by Gasteiger charge is -2.51. The minimum Gasteiger partial charge on any atom is -0.508 e. The molecule has 0 unspecified atom stereocenters. The molecule has 3 aliphatic heterocycles. The summed E-state index contributed by atoms with van der Waals surface area (Å²) in [6.45, 7) is 0. The van der Waals surface area contributed by atoms with Crippen molar-refractivity contribution in [1.82, 2.24) is 14.9 Å². The lowest BCUT2D eigenvalue weighted by atomic mass is 9.48. The van der Waals surface area contributed by atoms with Crippen molar-refractivity contribution < 1.29 is 51.7 Å². The Morgan fingerprint density at radius 1 is 1.04 bits per heavy atom. The van der Waals surface area contributed by atoms with E-state index in [0.717, 1.165) is 7.11 Å². The summed E-state index contributed by atoms with van der Waals surface area (Å²) in [4.78, 5) is 74.4. The van der Waals surface area contributed by atoms with Gasteiger partial charge in [0.15, 0.2) is 5.82 Å². The zero-order valence-corrected chi connectivity index (χ0v) is 29.4. The molecule has 17 heteroatoms. The molecule has 5 aliphatic rings. The Morgan fingerprint density at radius 3 is 2.46 bits per heavy atom. The van der Waals surface area contributed by atoms with Crippen molar-refractivity contribution in [3.63, 3.8) is 0 Å². The molecule has 0 spiro atoms. The summed E-state index contributed by atoms with van der Waals surface area (Å²) < 4.78 is 51.2. The lowest BCUT2D eigenvalue weighted by molar-refractivity contribution is -0.140. The topological polar surface area (TPSA) is 155 Å². The van der Waals surface area contributed by atoms with Crippen molar-refractivity contribution in [3.8, 4) is 11.5 Å². The lowest BCUT2D eigenvalue weighted by Crippen LogP contribution is -2.55. The van der Waals surface area contributed by atoms with E-state index in [-0.39, 0.29) is 25.0 Å². The monoisotopic (exact) mass is 782 g/mol. The Labute approximate surface area is 314 Å². The molecule has 2 saturated heterocycles. The number of pyridine rings is 1. The second-order valence-corrected chi connectivity index (χ2v) is 14.5. The standard InChI is InChI=1S/C37H27Cl2F3N4O8/c1-53-35(52)45-31(48)23-8-7-22-24(28(23)33(45)50)13-25-32(49)46(44-30-26(39)12-19(14-43-30)37(40,41)42)34(51)36(25,18-2-4-20(38)5-3-18)29(22)17-10-16-11-21(47)6-9-27(16)54-15-17/h2-7,9,11-12,14-15,23-25,28-29,47H,8,10,13H2,1H3,(H,43,44)/t23-,24+,25-,28-,29-,36+/m0/s1. The van der Waals surface area contributed by atoms with Gasteiger partial charge in [-0.05, 0) is 66.3 Å². The average molecular weight is 784 g/mol. The zero-order valence-electron chi connectivity index (χ0n) is 27.9. The maximum atomic E-state index is 15.3. The predicted octanol–water partition coefficient (Wildman–Crippen LogP) is 6.22. The predicted molar refractivity (Wildman–Crippen MR) is 182 cm³/mol. The number of nitrogens with zero attached hydrogens (tertiary/aromatic N) is 3. The number of rotatable bonds is 4. The highest BCUT2D eigenvalue weighted by atomic mass is 35.5. The Kier molecular flexibility index (Phi) is 8.30. The highest BCUT2D eigenvalue weighted by Gasteiger charge is 2.71. The first-order valence-corrected chi connectivity index (χ1v) is 17.4. The van der Waals surface area contributed by atoms with Gasteiger partial charge in [0.1, 0.15) is 11.5 Å². The number of phenols is 1. The van der Waals surface area contributed by atoms with Crippen LogP contribution in [0.2, 0.25) is 10.0 Å². The van der Waals surface area contributed by atoms with E-state index in [4.69, 9.17) is 32.7 Å². The van der Waals surface area contributed by atoms with Gasteiger partial charge >= 0.3 is 12.3 Å². The number of carbonyl (C=O) groups excluding carboxylic acids is 5. The van der Waals surface area contributed by atoms with Gasteiger partial charge in [0.2, 0.25) is 11.8 Å². The van der Waals surface area contributed by atoms with Gasteiger partial charge in [-0.1, -0.05) is 47.0 Å². The molecule has 5 amide bonds. The van der Waals surface area contributed by atoms with Gasteiger partial charge in [-0.15, -0.1) is 0 Å². The van der Waals surface area contributed by atoms with Gasteiger partial charge in [0.05, 0.1) is 47.1 Å². The van der Waals surface area contributed by atoms with E-state index in [0.29, 0.717) is 55.2 Å². The Morgan fingerprint density at radius 2 is 1.78 bits per heavy atom. The number of phenolic OH excluding ortho intramolecular Hbond substituents is 1. The van der Waals surface area contributed by atoms with Gasteiger partial charge in [-0.25, -0.2) is 9.78 Å². The molecule has 3 fully saturated rings. The molecule has 54 heavy (non-hydrogen) atoms. The van der Waals surface area contributed by atoms with Crippen LogP contribution >= 0.6 is 23.2 Å². The number of imide groups is 4. The summed E-state index contributed by atoms with van der Waals surface area (Å²) in [5.74, 6) is -8.39. The normalized spacial score (nSPS) is 27.3. The highest BCUT2D eigenvalue weighted by molar-refractivity contribution is 6.33. The summed E-state index contributed by atoms with van der Waals surface area (Å²) in [6.07, 6.45) is -2.20. The van der Waals surface area contributed by atoms with Gasteiger partial charge < -0.3 is 14.6 Å². The van der Waals surface area contributed by atoms with Crippen LogP contribution in [-0.2, 0) is 41.9 Å². The van der Waals surface area contributed by atoms with Gasteiger partial charge in [-0.2, -0.15) is 23.1 Å². The number of nitrogens with one attached hydrogen (secondary N) is 1. The van der Waals surface area contributed by atoms with E-state index in [1.165, 1.54) is 18.4 Å². The summed E-state index contributed by atoms with van der Waals surface area (Å²) in [6, 6.07) is 11.4. The van der Waals surface area contributed by atoms with Crippen LogP contribution in [0.4, 0.5) is 23.8 Å². The number of benzene rings is 2.